The Hall–Kier alpha value is -2.01. The molecule has 1 heterocycles. The van der Waals surface area contributed by atoms with Gasteiger partial charge in [-0.25, -0.2) is 18.2 Å². The fraction of sp³-hybridized carbons (Fsp3) is 0.0714. The predicted molar refractivity (Wildman–Crippen MR) is 70.5 cm³/mol. The molecule has 1 aromatic heterocycles. The van der Waals surface area contributed by atoms with Gasteiger partial charge in [0.2, 0.25) is 0 Å². The molecule has 6 heteroatoms. The molecule has 0 aliphatic heterocycles. The Labute approximate surface area is 117 Å². The second kappa shape index (κ2) is 4.83. The topological polar surface area (TPSA) is 17.8 Å². The molecule has 0 radical (unpaired) electrons. The van der Waals surface area contributed by atoms with Crippen molar-refractivity contribution in [2.75, 3.05) is 0 Å². The quantitative estimate of drug-likeness (QED) is 0.649. The Kier molecular flexibility index (Phi) is 3.14. The van der Waals surface area contributed by atoms with E-state index >= 15 is 0 Å². The summed E-state index contributed by atoms with van der Waals surface area (Å²) in [6.07, 6.45) is 0. The first-order valence-corrected chi connectivity index (χ1v) is 6.32. The van der Waals surface area contributed by atoms with Gasteiger partial charge in [-0.05, 0) is 24.3 Å². The van der Waals surface area contributed by atoms with Crippen molar-refractivity contribution in [2.24, 2.45) is 0 Å². The molecule has 3 rings (SSSR count). The summed E-state index contributed by atoms with van der Waals surface area (Å²) in [5.74, 6) is -1.33. The molecule has 3 aromatic rings. The zero-order valence-electron chi connectivity index (χ0n) is 10.1. The molecule has 0 saturated carbocycles. The highest BCUT2D eigenvalue weighted by atomic mass is 35.5. The number of benzene rings is 2. The molecule has 102 valence electrons. The molecule has 0 bridgehead atoms. The summed E-state index contributed by atoms with van der Waals surface area (Å²) < 4.78 is 41.9. The Morgan fingerprint density at radius 3 is 2.45 bits per heavy atom. The van der Waals surface area contributed by atoms with E-state index in [4.69, 9.17) is 11.6 Å². The molecule has 0 N–H and O–H groups in total. The number of nitrogens with zero attached hydrogens (tertiary/aromatic N) is 2. The third-order valence-electron chi connectivity index (χ3n) is 2.95. The molecule has 0 aliphatic rings. The zero-order chi connectivity index (χ0) is 14.3. The lowest BCUT2D eigenvalue weighted by Gasteiger charge is -2.09. The van der Waals surface area contributed by atoms with Crippen molar-refractivity contribution in [1.82, 2.24) is 9.55 Å². The molecular weight excluding hydrogens is 289 g/mol. The molecule has 0 atom stereocenters. The van der Waals surface area contributed by atoms with Crippen LogP contribution in [-0.2, 0) is 5.88 Å². The van der Waals surface area contributed by atoms with Gasteiger partial charge in [-0.3, -0.25) is 4.57 Å². The predicted octanol–water partition coefficient (Wildman–Crippen LogP) is 4.18. The molecule has 2 nitrogen and oxygen atoms in total. The number of hydrogen-bond donors (Lipinski definition) is 0. The number of rotatable bonds is 2. The minimum absolute atomic E-state index is 0.00485. The second-order valence-electron chi connectivity index (χ2n) is 4.23. The van der Waals surface area contributed by atoms with E-state index in [1.807, 2.05) is 0 Å². The number of fused-ring (bicyclic) bond motifs is 1. The van der Waals surface area contributed by atoms with Crippen LogP contribution in [0.4, 0.5) is 13.2 Å². The first kappa shape index (κ1) is 13.0. The summed E-state index contributed by atoms with van der Waals surface area (Å²) in [6, 6.07) is 7.01. The largest absolute Gasteiger partial charge is 0.292 e. The maximum atomic E-state index is 13.9. The van der Waals surface area contributed by atoms with Crippen molar-refractivity contribution in [3.05, 3.63) is 59.7 Å². The Morgan fingerprint density at radius 2 is 1.70 bits per heavy atom. The lowest BCUT2D eigenvalue weighted by Crippen LogP contribution is -2.02. The molecule has 0 fully saturated rings. The summed E-state index contributed by atoms with van der Waals surface area (Å²) in [4.78, 5) is 4.14. The number of hydrogen-bond acceptors (Lipinski definition) is 1. The Morgan fingerprint density at radius 1 is 1.00 bits per heavy atom. The van der Waals surface area contributed by atoms with E-state index in [2.05, 4.69) is 4.98 Å². The SMILES string of the molecule is Fc1ccc(F)c(-n2c(CCl)nc3cc(F)ccc32)c1. The molecule has 0 aliphatic carbocycles. The summed E-state index contributed by atoms with van der Waals surface area (Å²) in [5.41, 5.74) is 0.797. The maximum Gasteiger partial charge on any atom is 0.147 e. The van der Waals surface area contributed by atoms with Crippen LogP contribution >= 0.6 is 11.6 Å². The van der Waals surface area contributed by atoms with E-state index in [9.17, 15) is 13.2 Å². The van der Waals surface area contributed by atoms with Crippen LogP contribution in [0.25, 0.3) is 16.7 Å². The van der Waals surface area contributed by atoms with Gasteiger partial charge in [-0.15, -0.1) is 11.6 Å². The summed E-state index contributed by atoms with van der Waals surface area (Å²) in [7, 11) is 0. The van der Waals surface area contributed by atoms with E-state index in [1.54, 1.807) is 0 Å². The summed E-state index contributed by atoms with van der Waals surface area (Å²) in [5, 5.41) is 0. The highest BCUT2D eigenvalue weighted by molar-refractivity contribution is 6.17. The third kappa shape index (κ3) is 2.04. The van der Waals surface area contributed by atoms with Crippen molar-refractivity contribution >= 4 is 22.6 Å². The summed E-state index contributed by atoms with van der Waals surface area (Å²) >= 11 is 5.79. The normalized spacial score (nSPS) is 11.2. The van der Waals surface area contributed by atoms with Crippen molar-refractivity contribution in [3.63, 3.8) is 0 Å². The van der Waals surface area contributed by atoms with Crippen LogP contribution in [0.1, 0.15) is 5.82 Å². The lowest BCUT2D eigenvalue weighted by molar-refractivity contribution is 0.592. The molecule has 0 spiro atoms. The van der Waals surface area contributed by atoms with Gasteiger partial charge >= 0.3 is 0 Å². The highest BCUT2D eigenvalue weighted by Crippen LogP contribution is 2.25. The second-order valence-corrected chi connectivity index (χ2v) is 4.49. The first-order chi connectivity index (χ1) is 9.60. The smallest absolute Gasteiger partial charge is 0.147 e. The van der Waals surface area contributed by atoms with Crippen molar-refractivity contribution in [1.29, 1.82) is 0 Å². The standard InChI is InChI=1S/C14H8ClF3N2/c15-7-14-19-11-5-8(16)2-4-12(11)20(14)13-6-9(17)1-3-10(13)18/h1-6H,7H2. The third-order valence-corrected chi connectivity index (χ3v) is 3.19. The minimum Gasteiger partial charge on any atom is -0.292 e. The average molecular weight is 297 g/mol. The van der Waals surface area contributed by atoms with Gasteiger partial charge in [0.25, 0.3) is 0 Å². The fourth-order valence-corrected chi connectivity index (χ4v) is 2.30. The molecule has 0 amide bonds. The molecule has 2 aromatic carbocycles. The number of halogens is 4. The minimum atomic E-state index is -0.610. The van der Waals surface area contributed by atoms with Crippen LogP contribution < -0.4 is 0 Å². The first-order valence-electron chi connectivity index (χ1n) is 5.78. The maximum absolute atomic E-state index is 13.9. The summed E-state index contributed by atoms with van der Waals surface area (Å²) in [6.45, 7) is 0. The molecule has 20 heavy (non-hydrogen) atoms. The van der Waals surface area contributed by atoms with Crippen molar-refractivity contribution < 1.29 is 13.2 Å². The Balaban J connectivity index is 2.37. The van der Waals surface area contributed by atoms with Crippen molar-refractivity contribution in [2.45, 2.75) is 5.88 Å². The van der Waals surface area contributed by atoms with Crippen LogP contribution in [0.15, 0.2) is 36.4 Å². The number of aromatic nitrogens is 2. The molecule has 0 unspecified atom stereocenters. The average Bonchev–Trinajstić information content (AvgIpc) is 2.78. The van der Waals surface area contributed by atoms with Gasteiger partial charge in [0.15, 0.2) is 0 Å². The zero-order valence-corrected chi connectivity index (χ0v) is 10.8. The monoisotopic (exact) mass is 296 g/mol. The van der Waals surface area contributed by atoms with Gasteiger partial charge in [0.05, 0.1) is 22.6 Å². The van der Waals surface area contributed by atoms with Crippen molar-refractivity contribution in [3.8, 4) is 5.69 Å². The van der Waals surface area contributed by atoms with Crippen LogP contribution in [0.3, 0.4) is 0 Å². The van der Waals surface area contributed by atoms with E-state index in [0.29, 0.717) is 16.9 Å². The molecule has 0 saturated heterocycles. The van der Waals surface area contributed by atoms with Crippen LogP contribution in [-0.4, -0.2) is 9.55 Å². The number of alkyl halides is 1. The van der Waals surface area contributed by atoms with Crippen LogP contribution in [0.2, 0.25) is 0 Å². The van der Waals surface area contributed by atoms with Crippen LogP contribution in [0, 0.1) is 17.5 Å². The van der Waals surface area contributed by atoms with E-state index in [-0.39, 0.29) is 11.6 Å². The van der Waals surface area contributed by atoms with Gasteiger partial charge in [0, 0.05) is 12.1 Å². The van der Waals surface area contributed by atoms with Crippen LogP contribution in [0.5, 0.6) is 0 Å². The van der Waals surface area contributed by atoms with Gasteiger partial charge in [-0.1, -0.05) is 0 Å². The number of imidazole rings is 1. The van der Waals surface area contributed by atoms with Gasteiger partial charge in [0.1, 0.15) is 23.3 Å². The van der Waals surface area contributed by atoms with Gasteiger partial charge < -0.3 is 0 Å². The Bertz CT molecular complexity index is 798. The van der Waals surface area contributed by atoms with E-state index < -0.39 is 17.5 Å². The molecular formula is C14H8ClF3N2. The lowest BCUT2D eigenvalue weighted by atomic mass is 10.2. The fourth-order valence-electron chi connectivity index (χ4n) is 2.12. The highest BCUT2D eigenvalue weighted by Gasteiger charge is 2.16. The van der Waals surface area contributed by atoms with E-state index in [0.717, 1.165) is 18.2 Å². The van der Waals surface area contributed by atoms with E-state index in [1.165, 1.54) is 22.8 Å². The van der Waals surface area contributed by atoms with Gasteiger partial charge in [-0.2, -0.15) is 0 Å².